The zero-order chi connectivity index (χ0) is 18.3. The summed E-state index contributed by atoms with van der Waals surface area (Å²) in [5, 5.41) is 6.65. The molecule has 0 spiro atoms. The van der Waals surface area contributed by atoms with E-state index in [1.165, 1.54) is 24.8 Å². The van der Waals surface area contributed by atoms with Crippen LogP contribution in [-0.2, 0) is 4.74 Å². The SMILES string of the molecule is C[C@H](C[C@@H](CNC(=O)OC(C)(C)C)[C@@H]1CCCCN1)c1ccccc1. The van der Waals surface area contributed by atoms with Gasteiger partial charge in [0.05, 0.1) is 0 Å². The number of amides is 1. The number of alkyl carbamates (subject to hydrolysis) is 1. The molecule has 1 aliphatic rings. The van der Waals surface area contributed by atoms with Gasteiger partial charge in [0.2, 0.25) is 0 Å². The Kier molecular flexibility index (Phi) is 7.30. The van der Waals surface area contributed by atoms with Crippen molar-refractivity contribution in [3.05, 3.63) is 35.9 Å². The van der Waals surface area contributed by atoms with Gasteiger partial charge in [0.25, 0.3) is 0 Å². The van der Waals surface area contributed by atoms with Crippen LogP contribution in [0.2, 0.25) is 0 Å². The van der Waals surface area contributed by atoms with E-state index in [2.05, 4.69) is 47.9 Å². The topological polar surface area (TPSA) is 50.4 Å². The van der Waals surface area contributed by atoms with Gasteiger partial charge in [0.1, 0.15) is 5.60 Å². The summed E-state index contributed by atoms with van der Waals surface area (Å²) in [6, 6.07) is 11.1. The van der Waals surface area contributed by atoms with Crippen LogP contribution >= 0.6 is 0 Å². The maximum atomic E-state index is 12.0. The average molecular weight is 347 g/mol. The van der Waals surface area contributed by atoms with Gasteiger partial charge < -0.3 is 15.4 Å². The molecule has 4 nitrogen and oxygen atoms in total. The number of piperidine rings is 1. The molecule has 1 aromatic carbocycles. The molecule has 140 valence electrons. The first-order valence-corrected chi connectivity index (χ1v) is 9.60. The Morgan fingerprint density at radius 2 is 2.00 bits per heavy atom. The summed E-state index contributed by atoms with van der Waals surface area (Å²) in [5.41, 5.74) is 0.903. The minimum absolute atomic E-state index is 0.319. The highest BCUT2D eigenvalue weighted by molar-refractivity contribution is 5.67. The molecule has 25 heavy (non-hydrogen) atoms. The van der Waals surface area contributed by atoms with E-state index >= 15 is 0 Å². The second-order valence-electron chi connectivity index (χ2n) is 8.25. The molecule has 1 heterocycles. The van der Waals surface area contributed by atoms with E-state index in [-0.39, 0.29) is 6.09 Å². The molecule has 3 atom stereocenters. The van der Waals surface area contributed by atoms with Crippen molar-refractivity contribution in [1.82, 2.24) is 10.6 Å². The summed E-state index contributed by atoms with van der Waals surface area (Å²) in [5.74, 6) is 0.874. The molecule has 2 rings (SSSR count). The van der Waals surface area contributed by atoms with Crippen molar-refractivity contribution in [2.24, 2.45) is 5.92 Å². The highest BCUT2D eigenvalue weighted by atomic mass is 16.6. The number of rotatable bonds is 6. The molecule has 0 aromatic heterocycles. The van der Waals surface area contributed by atoms with Crippen molar-refractivity contribution < 1.29 is 9.53 Å². The molecule has 2 N–H and O–H groups in total. The van der Waals surface area contributed by atoms with E-state index in [1.54, 1.807) is 0 Å². The van der Waals surface area contributed by atoms with Crippen LogP contribution in [-0.4, -0.2) is 30.8 Å². The standard InChI is InChI=1S/C21H34N2O2/c1-16(17-10-6-5-7-11-17)14-18(19-12-8-9-13-22-19)15-23-20(24)25-21(2,3)4/h5-7,10-11,16,18-19,22H,8-9,12-15H2,1-4H3,(H,23,24)/t16-,18+,19+/m1/s1. The lowest BCUT2D eigenvalue weighted by Gasteiger charge is -2.33. The largest absolute Gasteiger partial charge is 0.444 e. The van der Waals surface area contributed by atoms with Crippen LogP contribution < -0.4 is 10.6 Å². The monoisotopic (exact) mass is 346 g/mol. The molecule has 1 aromatic rings. The van der Waals surface area contributed by atoms with Gasteiger partial charge >= 0.3 is 6.09 Å². The second kappa shape index (κ2) is 9.23. The van der Waals surface area contributed by atoms with Gasteiger partial charge in [-0.25, -0.2) is 4.79 Å². The van der Waals surface area contributed by atoms with E-state index in [4.69, 9.17) is 4.74 Å². The van der Waals surface area contributed by atoms with Crippen molar-refractivity contribution >= 4 is 6.09 Å². The van der Waals surface area contributed by atoms with Gasteiger partial charge in [-0.1, -0.05) is 43.7 Å². The number of hydrogen-bond donors (Lipinski definition) is 2. The van der Waals surface area contributed by atoms with Crippen molar-refractivity contribution in [3.8, 4) is 0 Å². The molecule has 1 fully saturated rings. The molecule has 0 saturated carbocycles. The predicted molar refractivity (Wildman–Crippen MR) is 103 cm³/mol. The third-order valence-corrected chi connectivity index (χ3v) is 4.85. The molecular weight excluding hydrogens is 312 g/mol. The lowest BCUT2D eigenvalue weighted by atomic mass is 9.83. The molecule has 0 radical (unpaired) electrons. The molecule has 0 unspecified atom stereocenters. The van der Waals surface area contributed by atoms with E-state index < -0.39 is 5.60 Å². The van der Waals surface area contributed by atoms with Crippen LogP contribution in [0.25, 0.3) is 0 Å². The number of ether oxygens (including phenoxy) is 1. The second-order valence-corrected chi connectivity index (χ2v) is 8.25. The summed E-state index contributed by atoms with van der Waals surface area (Å²) in [6.07, 6.45) is 4.43. The fourth-order valence-electron chi connectivity index (χ4n) is 3.57. The molecule has 0 aliphatic carbocycles. The third-order valence-electron chi connectivity index (χ3n) is 4.85. The lowest BCUT2D eigenvalue weighted by Crippen LogP contribution is -2.46. The molecule has 1 saturated heterocycles. The van der Waals surface area contributed by atoms with Gasteiger partial charge in [-0.05, 0) is 64.0 Å². The van der Waals surface area contributed by atoms with Gasteiger partial charge in [-0.3, -0.25) is 0 Å². The van der Waals surface area contributed by atoms with Gasteiger partial charge in [-0.15, -0.1) is 0 Å². The number of benzene rings is 1. The first-order valence-electron chi connectivity index (χ1n) is 9.60. The highest BCUT2D eigenvalue weighted by Gasteiger charge is 2.26. The summed E-state index contributed by atoms with van der Waals surface area (Å²) < 4.78 is 5.39. The molecule has 1 amide bonds. The fraction of sp³-hybridized carbons (Fsp3) is 0.667. The number of carbonyl (C=O) groups excluding carboxylic acids is 1. The number of nitrogens with one attached hydrogen (secondary N) is 2. The summed E-state index contributed by atoms with van der Waals surface area (Å²) in [6.45, 7) is 9.69. The quantitative estimate of drug-likeness (QED) is 0.799. The Bertz CT molecular complexity index is 518. The number of carbonyl (C=O) groups is 1. The van der Waals surface area contributed by atoms with Gasteiger partial charge in [-0.2, -0.15) is 0 Å². The van der Waals surface area contributed by atoms with E-state index in [0.717, 1.165) is 13.0 Å². The number of hydrogen-bond acceptors (Lipinski definition) is 3. The Morgan fingerprint density at radius 3 is 2.60 bits per heavy atom. The summed E-state index contributed by atoms with van der Waals surface area (Å²) >= 11 is 0. The van der Waals surface area contributed by atoms with Crippen molar-refractivity contribution in [2.75, 3.05) is 13.1 Å². The molecular formula is C21H34N2O2. The van der Waals surface area contributed by atoms with E-state index in [0.29, 0.717) is 24.4 Å². The third kappa shape index (κ3) is 7.07. The molecule has 1 aliphatic heterocycles. The smallest absolute Gasteiger partial charge is 0.407 e. The molecule has 4 heteroatoms. The maximum absolute atomic E-state index is 12.0. The zero-order valence-corrected chi connectivity index (χ0v) is 16.2. The van der Waals surface area contributed by atoms with Crippen LogP contribution in [0, 0.1) is 5.92 Å². The van der Waals surface area contributed by atoms with Crippen LogP contribution in [0.15, 0.2) is 30.3 Å². The van der Waals surface area contributed by atoms with Crippen LogP contribution in [0.1, 0.15) is 64.9 Å². The minimum Gasteiger partial charge on any atom is -0.444 e. The minimum atomic E-state index is -0.458. The average Bonchev–Trinajstić information content (AvgIpc) is 2.58. The summed E-state index contributed by atoms with van der Waals surface area (Å²) in [4.78, 5) is 12.0. The first-order chi connectivity index (χ1) is 11.8. The van der Waals surface area contributed by atoms with Crippen molar-refractivity contribution in [1.29, 1.82) is 0 Å². The fourth-order valence-corrected chi connectivity index (χ4v) is 3.57. The van der Waals surface area contributed by atoms with Crippen molar-refractivity contribution in [2.45, 2.75) is 70.9 Å². The Labute approximate surface area is 152 Å². The van der Waals surface area contributed by atoms with E-state index in [1.807, 2.05) is 20.8 Å². The van der Waals surface area contributed by atoms with E-state index in [9.17, 15) is 4.79 Å². The van der Waals surface area contributed by atoms with Crippen LogP contribution in [0.4, 0.5) is 4.79 Å². The zero-order valence-electron chi connectivity index (χ0n) is 16.2. The van der Waals surface area contributed by atoms with Crippen LogP contribution in [0.5, 0.6) is 0 Å². The summed E-state index contributed by atoms with van der Waals surface area (Å²) in [7, 11) is 0. The first kappa shape index (κ1) is 19.8. The van der Waals surface area contributed by atoms with Gasteiger partial charge in [0.15, 0.2) is 0 Å². The molecule has 0 bridgehead atoms. The normalized spacial score (nSPS) is 20.6. The Morgan fingerprint density at radius 1 is 1.28 bits per heavy atom. The van der Waals surface area contributed by atoms with Crippen molar-refractivity contribution in [3.63, 3.8) is 0 Å². The van der Waals surface area contributed by atoms with Gasteiger partial charge in [0, 0.05) is 12.6 Å². The Balaban J connectivity index is 1.96. The highest BCUT2D eigenvalue weighted by Crippen LogP contribution is 2.27. The Hall–Kier alpha value is -1.55. The maximum Gasteiger partial charge on any atom is 0.407 e. The lowest BCUT2D eigenvalue weighted by molar-refractivity contribution is 0.0512. The predicted octanol–water partition coefficient (Wildman–Crippen LogP) is 4.46. The van der Waals surface area contributed by atoms with Crippen LogP contribution in [0.3, 0.4) is 0 Å².